The summed E-state index contributed by atoms with van der Waals surface area (Å²) in [7, 11) is -6.28. The van der Waals surface area contributed by atoms with Gasteiger partial charge in [0, 0.05) is 10.8 Å². The molecule has 1 aromatic heterocycles. The number of ether oxygens (including phenoxy) is 4. The topological polar surface area (TPSA) is 159 Å². The third-order valence-corrected chi connectivity index (χ3v) is 10.9. The lowest BCUT2D eigenvalue weighted by Crippen LogP contribution is -2.41. The number of hydrogen-bond donors (Lipinski definition) is 0. The van der Waals surface area contributed by atoms with Gasteiger partial charge < -0.3 is 18.9 Å². The molecule has 250 valence electrons. The molecule has 0 bridgehead atoms. The van der Waals surface area contributed by atoms with E-state index >= 15 is 0 Å². The van der Waals surface area contributed by atoms with Gasteiger partial charge in [-0.05, 0) is 76.2 Å². The number of sulfonamides is 2. The molecule has 0 radical (unpaired) electrons. The van der Waals surface area contributed by atoms with Crippen LogP contribution in [0.4, 0.5) is 21.1 Å². The zero-order chi connectivity index (χ0) is 34.6. The van der Waals surface area contributed by atoms with Crippen molar-refractivity contribution < 1.29 is 45.4 Å². The number of amides is 1. The molecule has 3 aromatic carbocycles. The first-order valence-electron chi connectivity index (χ1n) is 14.0. The highest BCUT2D eigenvalue weighted by atomic mass is 32.3. The Morgan fingerprint density at radius 1 is 0.787 bits per heavy atom. The van der Waals surface area contributed by atoms with Crippen LogP contribution in [-0.4, -0.2) is 59.6 Å². The first-order chi connectivity index (χ1) is 22.1. The second kappa shape index (κ2) is 14.1. The molecule has 1 amide bonds. The van der Waals surface area contributed by atoms with E-state index in [4.69, 9.17) is 18.9 Å². The molecule has 1 heterocycles. The quantitative estimate of drug-likeness (QED) is 0.133. The van der Waals surface area contributed by atoms with E-state index in [9.17, 15) is 26.4 Å². The number of aromatic nitrogens is 1. The number of carbonyl (C=O) groups is 2. The number of methoxy groups -OCH3 is 2. The van der Waals surface area contributed by atoms with Gasteiger partial charge in [-0.15, -0.1) is 0 Å². The fourth-order valence-corrected chi connectivity index (χ4v) is 7.96. The summed E-state index contributed by atoms with van der Waals surface area (Å²) in [4.78, 5) is 30.3. The number of nitrogens with zero attached hydrogens (tertiary/aromatic N) is 3. The van der Waals surface area contributed by atoms with Gasteiger partial charge in [-0.2, -0.15) is 8.02 Å². The van der Waals surface area contributed by atoms with E-state index in [2.05, 4.69) is 4.98 Å². The van der Waals surface area contributed by atoms with Gasteiger partial charge in [0.05, 0.1) is 54.4 Å². The molecule has 0 aliphatic rings. The third-order valence-electron chi connectivity index (χ3n) is 6.30. The lowest BCUT2D eigenvalue weighted by Gasteiger charge is -2.28. The lowest BCUT2D eigenvalue weighted by molar-refractivity contribution is 0.0609. The van der Waals surface area contributed by atoms with Gasteiger partial charge in [0.1, 0.15) is 17.1 Å². The highest BCUT2D eigenvalue weighted by Gasteiger charge is 2.38. The Morgan fingerprint density at radius 3 is 1.79 bits per heavy atom. The van der Waals surface area contributed by atoms with Crippen molar-refractivity contribution in [1.29, 1.82) is 0 Å². The maximum Gasteiger partial charge on any atom is 0.429 e. The van der Waals surface area contributed by atoms with Crippen molar-refractivity contribution >= 4 is 65.7 Å². The average molecular weight is 704 g/mol. The van der Waals surface area contributed by atoms with E-state index in [0.29, 0.717) is 19.5 Å². The number of hydrogen-bond acceptors (Lipinski definition) is 12. The lowest BCUT2D eigenvalue weighted by atomic mass is 10.1. The van der Waals surface area contributed by atoms with Crippen LogP contribution >= 0.6 is 11.9 Å². The molecule has 47 heavy (non-hydrogen) atoms. The highest BCUT2D eigenvalue weighted by molar-refractivity contribution is 8.23. The highest BCUT2D eigenvalue weighted by Crippen LogP contribution is 2.40. The summed E-state index contributed by atoms with van der Waals surface area (Å²) in [5.74, 6) is 0.549. The van der Waals surface area contributed by atoms with Crippen molar-refractivity contribution in [3.05, 3.63) is 79.0 Å². The summed E-state index contributed by atoms with van der Waals surface area (Å²) in [6.45, 7) is 6.28. The van der Waals surface area contributed by atoms with Gasteiger partial charge in [-0.3, -0.25) is 0 Å². The molecule has 0 N–H and O–H groups in total. The molecule has 13 nitrogen and oxygen atoms in total. The van der Waals surface area contributed by atoms with Crippen molar-refractivity contribution in [3.63, 3.8) is 0 Å². The Labute approximate surface area is 277 Å². The molecular formula is C31H33N3O10S3. The molecule has 0 spiro atoms. The molecule has 0 saturated carbocycles. The first-order valence-corrected chi connectivity index (χ1v) is 17.6. The SMILES string of the molecule is CCOC(=O)SN(c1ncc(N(C(=O)OC(C)(C)C)S(=O)(=O)c2ccc(OC)cc2)c2ccccc12)S(=O)(=O)c1ccc(OC)cc1. The Balaban J connectivity index is 1.97. The van der Waals surface area contributed by atoms with E-state index in [1.165, 1.54) is 74.9 Å². The largest absolute Gasteiger partial charge is 0.497 e. The molecule has 0 aliphatic carbocycles. The van der Waals surface area contributed by atoms with Crippen LogP contribution in [0.3, 0.4) is 0 Å². The third kappa shape index (κ3) is 7.72. The number of benzene rings is 3. The number of pyridine rings is 1. The minimum atomic E-state index is -4.64. The minimum Gasteiger partial charge on any atom is -0.497 e. The fourth-order valence-electron chi connectivity index (χ4n) is 4.21. The molecule has 4 aromatic rings. The van der Waals surface area contributed by atoms with Crippen LogP contribution in [0.2, 0.25) is 0 Å². The Morgan fingerprint density at radius 2 is 1.30 bits per heavy atom. The van der Waals surface area contributed by atoms with E-state index in [0.717, 1.165) is 6.20 Å². The summed E-state index contributed by atoms with van der Waals surface area (Å²) < 4.78 is 78.3. The van der Waals surface area contributed by atoms with Crippen molar-refractivity contribution in [3.8, 4) is 11.5 Å². The van der Waals surface area contributed by atoms with E-state index < -0.39 is 37.0 Å². The van der Waals surface area contributed by atoms with Crippen molar-refractivity contribution in [2.45, 2.75) is 43.1 Å². The standard InChI is InChI=1S/C31H33N3O10S3/c1-7-43-30(36)45-34(47(39,40)24-18-14-22(42-6)15-19-24)28-26-11-9-8-10-25(26)27(20-32-28)33(29(35)44-31(2,3)4)46(37,38)23-16-12-21(41-5)13-17-23/h8-20H,7H2,1-6H3. The summed E-state index contributed by atoms with van der Waals surface area (Å²) in [5, 5.41) is -0.728. The summed E-state index contributed by atoms with van der Waals surface area (Å²) in [5.41, 5.74) is -1.31. The number of rotatable bonds is 10. The predicted molar refractivity (Wildman–Crippen MR) is 178 cm³/mol. The fraction of sp³-hybridized carbons (Fsp3) is 0.258. The second-order valence-corrected chi connectivity index (χ2v) is 15.3. The number of fused-ring (bicyclic) bond motifs is 1. The van der Waals surface area contributed by atoms with Gasteiger partial charge in [0.25, 0.3) is 20.0 Å². The molecule has 0 fully saturated rings. The van der Waals surface area contributed by atoms with Crippen molar-refractivity contribution in [2.24, 2.45) is 0 Å². The summed E-state index contributed by atoms with van der Waals surface area (Å²) in [6, 6.07) is 17.0. The van der Waals surface area contributed by atoms with Gasteiger partial charge >= 0.3 is 11.4 Å². The van der Waals surface area contributed by atoms with E-state index in [-0.39, 0.29) is 50.6 Å². The van der Waals surface area contributed by atoms with Crippen LogP contribution in [0.25, 0.3) is 10.8 Å². The zero-order valence-electron chi connectivity index (χ0n) is 26.4. The zero-order valence-corrected chi connectivity index (χ0v) is 28.8. The Hall–Kier alpha value is -4.54. The van der Waals surface area contributed by atoms with Gasteiger partial charge in [0.15, 0.2) is 5.82 Å². The average Bonchev–Trinajstić information content (AvgIpc) is 3.03. The van der Waals surface area contributed by atoms with Crippen LogP contribution in [0, 0.1) is 0 Å². The molecule has 0 saturated heterocycles. The number of carbonyl (C=O) groups excluding carboxylic acids is 2. The summed E-state index contributed by atoms with van der Waals surface area (Å²) in [6.07, 6.45) is -0.193. The second-order valence-electron chi connectivity index (χ2n) is 10.6. The van der Waals surface area contributed by atoms with E-state index in [1.807, 2.05) is 0 Å². The van der Waals surface area contributed by atoms with Gasteiger partial charge in [-0.1, -0.05) is 24.3 Å². The predicted octanol–water partition coefficient (Wildman–Crippen LogP) is 6.38. The molecule has 0 atom stereocenters. The van der Waals surface area contributed by atoms with Gasteiger partial charge in [0.2, 0.25) is 0 Å². The number of anilines is 2. The Kier molecular flexibility index (Phi) is 10.6. The minimum absolute atomic E-state index is 0.0244. The maximum absolute atomic E-state index is 14.1. The van der Waals surface area contributed by atoms with Crippen molar-refractivity contribution in [1.82, 2.24) is 4.98 Å². The van der Waals surface area contributed by atoms with Crippen LogP contribution in [0.1, 0.15) is 27.7 Å². The normalized spacial score (nSPS) is 11.9. The molecule has 0 unspecified atom stereocenters. The van der Waals surface area contributed by atoms with Crippen LogP contribution in [0.5, 0.6) is 11.5 Å². The first kappa shape index (κ1) is 35.3. The van der Waals surface area contributed by atoms with Crippen LogP contribution in [0.15, 0.2) is 88.8 Å². The monoisotopic (exact) mass is 703 g/mol. The molecule has 16 heteroatoms. The Bertz CT molecular complexity index is 1980. The molecule has 0 aliphatic heterocycles. The van der Waals surface area contributed by atoms with Crippen LogP contribution < -0.4 is 17.5 Å². The smallest absolute Gasteiger partial charge is 0.429 e. The van der Waals surface area contributed by atoms with E-state index in [1.54, 1.807) is 39.8 Å². The van der Waals surface area contributed by atoms with Crippen molar-refractivity contribution in [2.75, 3.05) is 28.8 Å². The van der Waals surface area contributed by atoms with Crippen LogP contribution in [-0.2, 0) is 29.5 Å². The molecular weight excluding hydrogens is 671 g/mol. The summed E-state index contributed by atoms with van der Waals surface area (Å²) >= 11 is 0.238. The maximum atomic E-state index is 14.1. The molecule has 4 rings (SSSR count). The van der Waals surface area contributed by atoms with Gasteiger partial charge in [-0.25, -0.2) is 31.4 Å².